The van der Waals surface area contributed by atoms with Crippen molar-refractivity contribution in [3.05, 3.63) is 40.4 Å². The highest BCUT2D eigenvalue weighted by molar-refractivity contribution is 7.90. The van der Waals surface area contributed by atoms with E-state index in [-0.39, 0.29) is 23.3 Å². The average Bonchev–Trinajstić information content (AvgIpc) is 3.02. The zero-order valence-electron chi connectivity index (χ0n) is 15.6. The van der Waals surface area contributed by atoms with Gasteiger partial charge in [-0.15, -0.1) is 0 Å². The Morgan fingerprint density at radius 1 is 1.29 bits per heavy atom. The van der Waals surface area contributed by atoms with Gasteiger partial charge in [0, 0.05) is 24.1 Å². The van der Waals surface area contributed by atoms with Crippen molar-refractivity contribution in [2.75, 3.05) is 24.7 Å². The third kappa shape index (κ3) is 4.87. The smallest absolute Gasteiger partial charge is 0.410 e. The molecule has 2 heterocycles. The van der Waals surface area contributed by atoms with Crippen LogP contribution >= 0.6 is 11.3 Å². The zero-order valence-corrected chi connectivity index (χ0v) is 17.2. The van der Waals surface area contributed by atoms with Crippen LogP contribution in [0.4, 0.5) is 9.93 Å². The van der Waals surface area contributed by atoms with Gasteiger partial charge >= 0.3 is 6.09 Å². The van der Waals surface area contributed by atoms with E-state index in [0.717, 1.165) is 16.8 Å². The molecule has 0 spiro atoms. The van der Waals surface area contributed by atoms with Crippen LogP contribution in [0.25, 0.3) is 0 Å². The molecule has 1 aliphatic heterocycles. The van der Waals surface area contributed by atoms with E-state index in [1.54, 1.807) is 24.0 Å². The third-order valence-electron chi connectivity index (χ3n) is 4.22. The maximum absolute atomic E-state index is 12.3. The van der Waals surface area contributed by atoms with Gasteiger partial charge in [-0.05, 0) is 24.6 Å². The molecule has 8 nitrogen and oxygen atoms in total. The van der Waals surface area contributed by atoms with Crippen molar-refractivity contribution in [1.82, 2.24) is 9.88 Å². The Labute approximate surface area is 167 Å². The first-order valence-electron chi connectivity index (χ1n) is 8.75. The fourth-order valence-corrected chi connectivity index (χ4v) is 4.49. The van der Waals surface area contributed by atoms with Crippen LogP contribution in [-0.2, 0) is 38.8 Å². The summed E-state index contributed by atoms with van der Waals surface area (Å²) < 4.78 is 28.0. The zero-order chi connectivity index (χ0) is 20.3. The van der Waals surface area contributed by atoms with Gasteiger partial charge in [-0.1, -0.05) is 23.5 Å². The topological polar surface area (TPSA) is 106 Å². The van der Waals surface area contributed by atoms with Crippen LogP contribution in [0.15, 0.2) is 29.2 Å². The molecule has 0 saturated carbocycles. The predicted molar refractivity (Wildman–Crippen MR) is 105 cm³/mol. The Bertz CT molecular complexity index is 983. The molecule has 0 saturated heterocycles. The first kappa shape index (κ1) is 20.3. The molecule has 0 unspecified atom stereocenters. The number of carbonyl (C=O) groups excluding carboxylic acids is 2. The number of fused-ring (bicyclic) bond motifs is 1. The Morgan fingerprint density at radius 3 is 2.64 bits per heavy atom. The number of thiazole rings is 1. The largest absolute Gasteiger partial charge is 0.450 e. The van der Waals surface area contributed by atoms with Gasteiger partial charge in [-0.25, -0.2) is 18.2 Å². The van der Waals surface area contributed by atoms with Gasteiger partial charge in [0.2, 0.25) is 5.91 Å². The standard InChI is InChI=1S/C18H21N3O5S2/c1-3-26-18(23)21-9-8-14-15(11-21)27-17(19-14)20-16(22)10-12-4-6-13(7-5-12)28(2,24)25/h4-7H,3,8-11H2,1-2H3,(H,19,20,22). The lowest BCUT2D eigenvalue weighted by atomic mass is 10.1. The van der Waals surface area contributed by atoms with Gasteiger partial charge in [0.15, 0.2) is 15.0 Å². The minimum absolute atomic E-state index is 0.114. The van der Waals surface area contributed by atoms with E-state index in [0.29, 0.717) is 36.8 Å². The minimum Gasteiger partial charge on any atom is -0.450 e. The number of nitrogens with zero attached hydrogens (tertiary/aromatic N) is 2. The van der Waals surface area contributed by atoms with Gasteiger partial charge in [-0.3, -0.25) is 4.79 Å². The van der Waals surface area contributed by atoms with Gasteiger partial charge in [0.25, 0.3) is 0 Å². The normalized spacial score (nSPS) is 13.7. The number of hydrogen-bond donors (Lipinski definition) is 1. The lowest BCUT2D eigenvalue weighted by Gasteiger charge is -2.24. The number of hydrogen-bond acceptors (Lipinski definition) is 7. The molecule has 0 atom stereocenters. The van der Waals surface area contributed by atoms with Crippen molar-refractivity contribution < 1.29 is 22.7 Å². The van der Waals surface area contributed by atoms with Crippen molar-refractivity contribution in [2.45, 2.75) is 31.2 Å². The summed E-state index contributed by atoms with van der Waals surface area (Å²) in [6.07, 6.45) is 1.53. The van der Waals surface area contributed by atoms with Crippen molar-refractivity contribution in [2.24, 2.45) is 0 Å². The first-order chi connectivity index (χ1) is 13.3. The van der Waals surface area contributed by atoms with E-state index in [9.17, 15) is 18.0 Å². The Kier molecular flexibility index (Phi) is 5.99. The van der Waals surface area contributed by atoms with E-state index in [1.807, 2.05) is 0 Å². The van der Waals surface area contributed by atoms with Crippen molar-refractivity contribution in [3.63, 3.8) is 0 Å². The molecule has 150 valence electrons. The van der Waals surface area contributed by atoms with Crippen LogP contribution in [0, 0.1) is 0 Å². The second kappa shape index (κ2) is 8.27. The molecule has 3 rings (SSSR count). The maximum Gasteiger partial charge on any atom is 0.410 e. The number of anilines is 1. The number of aromatic nitrogens is 1. The highest BCUT2D eigenvalue weighted by Gasteiger charge is 2.25. The summed E-state index contributed by atoms with van der Waals surface area (Å²) in [7, 11) is -3.26. The summed E-state index contributed by atoms with van der Waals surface area (Å²) in [6.45, 7) is 3.06. The highest BCUT2D eigenvalue weighted by Crippen LogP contribution is 2.28. The van der Waals surface area contributed by atoms with Gasteiger partial charge in [0.1, 0.15) is 0 Å². The fourth-order valence-electron chi connectivity index (χ4n) is 2.82. The van der Waals surface area contributed by atoms with E-state index in [1.165, 1.54) is 23.5 Å². The summed E-state index contributed by atoms with van der Waals surface area (Å²) in [6, 6.07) is 6.23. The van der Waals surface area contributed by atoms with Crippen LogP contribution in [0.1, 0.15) is 23.1 Å². The van der Waals surface area contributed by atoms with Gasteiger partial charge in [0.05, 0.1) is 30.2 Å². The van der Waals surface area contributed by atoms with Gasteiger partial charge in [-0.2, -0.15) is 0 Å². The fraction of sp³-hybridized carbons (Fsp3) is 0.389. The van der Waals surface area contributed by atoms with E-state index in [2.05, 4.69) is 10.3 Å². The molecular weight excluding hydrogens is 402 g/mol. The number of carbonyl (C=O) groups is 2. The second-order valence-corrected chi connectivity index (χ2v) is 9.50. The summed E-state index contributed by atoms with van der Waals surface area (Å²) in [5.74, 6) is -0.236. The molecule has 1 N–H and O–H groups in total. The molecule has 1 aromatic carbocycles. The number of benzene rings is 1. The van der Waals surface area contributed by atoms with Crippen LogP contribution in [0.5, 0.6) is 0 Å². The van der Waals surface area contributed by atoms with Crippen molar-refractivity contribution >= 4 is 38.3 Å². The van der Waals surface area contributed by atoms with E-state index < -0.39 is 9.84 Å². The Balaban J connectivity index is 1.61. The van der Waals surface area contributed by atoms with Gasteiger partial charge < -0.3 is 15.0 Å². The molecule has 2 amide bonds. The van der Waals surface area contributed by atoms with Crippen molar-refractivity contribution in [1.29, 1.82) is 0 Å². The molecule has 1 aliphatic rings. The molecule has 0 aliphatic carbocycles. The predicted octanol–water partition coefficient (Wildman–Crippen LogP) is 2.24. The highest BCUT2D eigenvalue weighted by atomic mass is 32.2. The number of sulfone groups is 1. The molecule has 0 fully saturated rings. The monoisotopic (exact) mass is 423 g/mol. The molecule has 2 aromatic rings. The maximum atomic E-state index is 12.3. The Hall–Kier alpha value is -2.46. The van der Waals surface area contributed by atoms with E-state index >= 15 is 0 Å². The Morgan fingerprint density at radius 2 is 2.00 bits per heavy atom. The number of rotatable bonds is 5. The minimum atomic E-state index is -3.26. The third-order valence-corrected chi connectivity index (χ3v) is 6.35. The number of ether oxygens (including phenoxy) is 1. The lowest BCUT2D eigenvalue weighted by Crippen LogP contribution is -2.35. The first-order valence-corrected chi connectivity index (χ1v) is 11.5. The van der Waals surface area contributed by atoms with Crippen LogP contribution < -0.4 is 5.32 Å². The second-order valence-electron chi connectivity index (χ2n) is 6.40. The molecular formula is C18H21N3O5S2. The van der Waals surface area contributed by atoms with Crippen LogP contribution in [0.3, 0.4) is 0 Å². The summed E-state index contributed by atoms with van der Waals surface area (Å²) >= 11 is 1.35. The summed E-state index contributed by atoms with van der Waals surface area (Å²) in [5, 5.41) is 3.27. The van der Waals surface area contributed by atoms with Crippen LogP contribution in [-0.4, -0.2) is 49.7 Å². The number of amides is 2. The van der Waals surface area contributed by atoms with Crippen molar-refractivity contribution in [3.8, 4) is 0 Å². The molecule has 10 heteroatoms. The molecule has 0 bridgehead atoms. The SMILES string of the molecule is CCOC(=O)N1CCc2nc(NC(=O)Cc3ccc(S(C)(=O)=O)cc3)sc2C1. The average molecular weight is 424 g/mol. The number of nitrogens with one attached hydrogen (secondary N) is 1. The quantitative estimate of drug-likeness (QED) is 0.791. The van der Waals surface area contributed by atoms with Crippen LogP contribution in [0.2, 0.25) is 0 Å². The summed E-state index contributed by atoms with van der Waals surface area (Å²) in [4.78, 5) is 31.4. The van der Waals surface area contributed by atoms with E-state index in [4.69, 9.17) is 4.74 Å². The molecule has 28 heavy (non-hydrogen) atoms. The molecule has 1 aromatic heterocycles. The molecule has 0 radical (unpaired) electrons. The lowest BCUT2D eigenvalue weighted by molar-refractivity contribution is -0.115. The summed E-state index contributed by atoms with van der Waals surface area (Å²) in [5.41, 5.74) is 1.60.